The molecule has 0 fully saturated rings. The molecule has 0 saturated heterocycles. The average molecular weight is 330 g/mol. The van der Waals surface area contributed by atoms with Crippen molar-refractivity contribution in [1.82, 2.24) is 5.32 Å². The summed E-state index contributed by atoms with van der Waals surface area (Å²) in [6.45, 7) is 2.24. The van der Waals surface area contributed by atoms with E-state index in [1.807, 2.05) is 13.1 Å². The first-order valence-corrected chi connectivity index (χ1v) is 8.10. The largest absolute Gasteiger partial charge is 0.313 e. The molecule has 1 N–H and O–H groups in total. The van der Waals surface area contributed by atoms with Crippen LogP contribution >= 0.6 is 15.9 Å². The lowest BCUT2D eigenvalue weighted by Gasteiger charge is -2.18. The van der Waals surface area contributed by atoms with E-state index in [1.54, 1.807) is 6.07 Å². The quantitative estimate of drug-likeness (QED) is 0.581. The van der Waals surface area contributed by atoms with Gasteiger partial charge in [0.05, 0.1) is 0 Å². The van der Waals surface area contributed by atoms with E-state index in [1.165, 1.54) is 44.6 Å². The van der Waals surface area contributed by atoms with Crippen molar-refractivity contribution >= 4 is 15.9 Å². The fourth-order valence-corrected chi connectivity index (χ4v) is 3.00. The van der Waals surface area contributed by atoms with Crippen LogP contribution in [0.15, 0.2) is 22.7 Å². The molecule has 0 saturated carbocycles. The Bertz CT molecular complexity index is 368. The average Bonchev–Trinajstić information content (AvgIpc) is 2.39. The fraction of sp³-hybridized carbons (Fsp3) is 0.625. The second kappa shape index (κ2) is 9.49. The molecule has 0 amide bonds. The molecule has 0 aliphatic rings. The summed E-state index contributed by atoms with van der Waals surface area (Å²) < 4.78 is 13.9. The van der Waals surface area contributed by atoms with Gasteiger partial charge in [0.2, 0.25) is 0 Å². The summed E-state index contributed by atoms with van der Waals surface area (Å²) >= 11 is 3.45. The molecule has 0 spiro atoms. The Balaban J connectivity index is 2.40. The number of unbranched alkanes of at least 4 members (excludes halogenated alkanes) is 5. The number of benzene rings is 1. The van der Waals surface area contributed by atoms with E-state index in [0.717, 1.165) is 16.5 Å². The molecule has 0 radical (unpaired) electrons. The van der Waals surface area contributed by atoms with Gasteiger partial charge in [-0.05, 0) is 31.2 Å². The third kappa shape index (κ3) is 6.05. The van der Waals surface area contributed by atoms with Gasteiger partial charge < -0.3 is 5.32 Å². The number of hydrogen-bond donors (Lipinski definition) is 1. The zero-order valence-electron chi connectivity index (χ0n) is 12.0. The maximum atomic E-state index is 13.1. The Hall–Kier alpha value is -0.410. The second-order valence-electron chi connectivity index (χ2n) is 5.06. The molecule has 1 aromatic rings. The van der Waals surface area contributed by atoms with Gasteiger partial charge in [-0.2, -0.15) is 0 Å². The lowest BCUT2D eigenvalue weighted by Crippen LogP contribution is -2.16. The SMILES string of the molecule is CCCCCCCCC(NC)c1ccc(F)cc1Br. The number of hydrogen-bond acceptors (Lipinski definition) is 1. The Morgan fingerprint density at radius 1 is 1.16 bits per heavy atom. The highest BCUT2D eigenvalue weighted by molar-refractivity contribution is 9.10. The Morgan fingerprint density at radius 2 is 1.84 bits per heavy atom. The normalized spacial score (nSPS) is 12.6. The molecule has 1 unspecified atom stereocenters. The van der Waals surface area contributed by atoms with Gasteiger partial charge in [0.15, 0.2) is 0 Å². The molecule has 0 heterocycles. The van der Waals surface area contributed by atoms with E-state index in [9.17, 15) is 4.39 Å². The molecule has 0 aliphatic carbocycles. The highest BCUT2D eigenvalue weighted by Gasteiger charge is 2.12. The minimum atomic E-state index is -0.190. The Labute approximate surface area is 125 Å². The summed E-state index contributed by atoms with van der Waals surface area (Å²) in [5, 5.41) is 3.33. The molecule has 1 aromatic carbocycles. The summed E-state index contributed by atoms with van der Waals surface area (Å²) in [5.74, 6) is -0.190. The number of rotatable bonds is 9. The van der Waals surface area contributed by atoms with Crippen molar-refractivity contribution in [2.75, 3.05) is 7.05 Å². The zero-order valence-corrected chi connectivity index (χ0v) is 13.6. The summed E-state index contributed by atoms with van der Waals surface area (Å²) in [6.07, 6.45) is 8.93. The third-order valence-electron chi connectivity index (χ3n) is 3.53. The number of halogens is 2. The summed E-state index contributed by atoms with van der Waals surface area (Å²) in [5.41, 5.74) is 1.15. The lowest BCUT2D eigenvalue weighted by molar-refractivity contribution is 0.495. The number of nitrogens with one attached hydrogen (secondary N) is 1. The van der Waals surface area contributed by atoms with Crippen molar-refractivity contribution in [3.63, 3.8) is 0 Å². The molecule has 0 aliphatic heterocycles. The molecule has 108 valence electrons. The van der Waals surface area contributed by atoms with Crippen molar-refractivity contribution < 1.29 is 4.39 Å². The molecule has 0 bridgehead atoms. The van der Waals surface area contributed by atoms with Gasteiger partial charge in [-0.1, -0.05) is 67.4 Å². The van der Waals surface area contributed by atoms with Gasteiger partial charge in [0, 0.05) is 10.5 Å². The Morgan fingerprint density at radius 3 is 2.47 bits per heavy atom. The molecule has 1 nitrogen and oxygen atoms in total. The van der Waals surface area contributed by atoms with Crippen LogP contribution < -0.4 is 5.32 Å². The van der Waals surface area contributed by atoms with Crippen LogP contribution in [0.3, 0.4) is 0 Å². The van der Waals surface area contributed by atoms with Crippen molar-refractivity contribution in [2.45, 2.75) is 57.9 Å². The highest BCUT2D eigenvalue weighted by Crippen LogP contribution is 2.27. The minimum Gasteiger partial charge on any atom is -0.313 e. The molecule has 1 atom stereocenters. The van der Waals surface area contributed by atoms with Gasteiger partial charge in [-0.3, -0.25) is 0 Å². The van der Waals surface area contributed by atoms with E-state index in [-0.39, 0.29) is 5.82 Å². The molecule has 1 rings (SSSR count). The molecular formula is C16H25BrFN. The topological polar surface area (TPSA) is 12.0 Å². The predicted molar refractivity (Wildman–Crippen MR) is 83.9 cm³/mol. The van der Waals surface area contributed by atoms with E-state index in [2.05, 4.69) is 28.2 Å². The molecule has 19 heavy (non-hydrogen) atoms. The van der Waals surface area contributed by atoms with Crippen molar-refractivity contribution in [3.8, 4) is 0 Å². The van der Waals surface area contributed by atoms with Crippen LogP contribution in [0.4, 0.5) is 4.39 Å². The lowest BCUT2D eigenvalue weighted by atomic mass is 9.99. The monoisotopic (exact) mass is 329 g/mol. The van der Waals surface area contributed by atoms with Crippen LogP contribution in [0.25, 0.3) is 0 Å². The molecular weight excluding hydrogens is 305 g/mol. The summed E-state index contributed by atoms with van der Waals surface area (Å²) in [7, 11) is 1.97. The van der Waals surface area contributed by atoms with Crippen LogP contribution in [0, 0.1) is 5.82 Å². The van der Waals surface area contributed by atoms with Crippen LogP contribution in [-0.2, 0) is 0 Å². The van der Waals surface area contributed by atoms with Gasteiger partial charge in [0.25, 0.3) is 0 Å². The van der Waals surface area contributed by atoms with Crippen molar-refractivity contribution in [3.05, 3.63) is 34.1 Å². The standard InChI is InChI=1S/C16H25BrFN/c1-3-4-5-6-7-8-9-16(19-2)14-11-10-13(18)12-15(14)17/h10-12,16,19H,3-9H2,1-2H3. The highest BCUT2D eigenvalue weighted by atomic mass is 79.9. The van der Waals surface area contributed by atoms with Crippen LogP contribution in [0.5, 0.6) is 0 Å². The minimum absolute atomic E-state index is 0.190. The van der Waals surface area contributed by atoms with E-state index in [4.69, 9.17) is 0 Å². The van der Waals surface area contributed by atoms with Crippen LogP contribution in [-0.4, -0.2) is 7.05 Å². The van der Waals surface area contributed by atoms with Gasteiger partial charge in [-0.25, -0.2) is 4.39 Å². The molecule has 0 aromatic heterocycles. The maximum Gasteiger partial charge on any atom is 0.124 e. The predicted octanol–water partition coefficient (Wildman–Crippen LogP) is 5.60. The van der Waals surface area contributed by atoms with Crippen LogP contribution in [0.1, 0.15) is 63.5 Å². The molecule has 3 heteroatoms. The zero-order chi connectivity index (χ0) is 14.1. The first kappa shape index (κ1) is 16.6. The first-order chi connectivity index (χ1) is 9.19. The van der Waals surface area contributed by atoms with Gasteiger partial charge in [-0.15, -0.1) is 0 Å². The van der Waals surface area contributed by atoms with E-state index >= 15 is 0 Å². The maximum absolute atomic E-state index is 13.1. The van der Waals surface area contributed by atoms with Gasteiger partial charge in [0.1, 0.15) is 5.82 Å². The van der Waals surface area contributed by atoms with Crippen molar-refractivity contribution in [1.29, 1.82) is 0 Å². The second-order valence-corrected chi connectivity index (χ2v) is 5.92. The van der Waals surface area contributed by atoms with Gasteiger partial charge >= 0.3 is 0 Å². The first-order valence-electron chi connectivity index (χ1n) is 7.31. The van der Waals surface area contributed by atoms with Crippen LogP contribution in [0.2, 0.25) is 0 Å². The van der Waals surface area contributed by atoms with E-state index in [0.29, 0.717) is 6.04 Å². The smallest absolute Gasteiger partial charge is 0.124 e. The van der Waals surface area contributed by atoms with Crippen molar-refractivity contribution in [2.24, 2.45) is 0 Å². The Kier molecular flexibility index (Phi) is 8.31. The summed E-state index contributed by atoms with van der Waals surface area (Å²) in [4.78, 5) is 0. The third-order valence-corrected chi connectivity index (χ3v) is 4.22. The van der Waals surface area contributed by atoms with E-state index < -0.39 is 0 Å². The summed E-state index contributed by atoms with van der Waals surface area (Å²) in [6, 6.07) is 5.26. The fourth-order valence-electron chi connectivity index (χ4n) is 2.37.